The van der Waals surface area contributed by atoms with Crippen molar-refractivity contribution in [2.75, 3.05) is 25.0 Å². The number of nitrogens with zero attached hydrogens (tertiary/aromatic N) is 1. The largest absolute Gasteiger partial charge is 0.466 e. The molecule has 2 aromatic carbocycles. The molecular weight excluding hydrogens is 510 g/mol. The SMILES string of the molecule is CC1CCN(S(=O)(=O)c2ccc(NC(=S)NC(=O)CCCC(=O)OCCCc3ccccc3)cc2)CC1. The summed E-state index contributed by atoms with van der Waals surface area (Å²) < 4.78 is 32.4. The summed E-state index contributed by atoms with van der Waals surface area (Å²) in [7, 11) is -3.52. The number of sulfonamides is 1. The van der Waals surface area contributed by atoms with Crippen LogP contribution in [-0.4, -0.2) is 49.4 Å². The molecule has 0 aromatic heterocycles. The van der Waals surface area contributed by atoms with Gasteiger partial charge in [0, 0.05) is 31.6 Å². The van der Waals surface area contributed by atoms with Gasteiger partial charge >= 0.3 is 5.97 Å². The number of rotatable bonds is 11. The second-order valence-electron chi connectivity index (χ2n) is 9.28. The molecule has 0 atom stereocenters. The molecule has 2 aromatic rings. The van der Waals surface area contributed by atoms with Gasteiger partial charge in [0.1, 0.15) is 0 Å². The molecule has 1 heterocycles. The van der Waals surface area contributed by atoms with E-state index in [2.05, 4.69) is 17.6 Å². The number of thiocarbonyl (C=S) groups is 1. The number of piperidine rings is 1. The van der Waals surface area contributed by atoms with Gasteiger partial charge in [-0.3, -0.25) is 9.59 Å². The number of ether oxygens (including phenoxy) is 1. The Hall–Kier alpha value is -2.82. The highest BCUT2D eigenvalue weighted by atomic mass is 32.2. The first-order valence-electron chi connectivity index (χ1n) is 12.6. The predicted molar refractivity (Wildman–Crippen MR) is 148 cm³/mol. The van der Waals surface area contributed by atoms with E-state index in [9.17, 15) is 18.0 Å². The summed E-state index contributed by atoms with van der Waals surface area (Å²) in [6.07, 6.45) is 3.97. The molecule has 8 nitrogen and oxygen atoms in total. The Labute approximate surface area is 224 Å². The molecule has 2 N–H and O–H groups in total. The Kier molecular flexibility index (Phi) is 11.0. The summed E-state index contributed by atoms with van der Waals surface area (Å²) in [5.74, 6) is -0.0955. The van der Waals surface area contributed by atoms with Crippen LogP contribution < -0.4 is 10.6 Å². The topological polar surface area (TPSA) is 105 Å². The summed E-state index contributed by atoms with van der Waals surface area (Å²) >= 11 is 5.18. The molecule has 200 valence electrons. The van der Waals surface area contributed by atoms with Crippen LogP contribution in [0, 0.1) is 5.92 Å². The smallest absolute Gasteiger partial charge is 0.305 e. The van der Waals surface area contributed by atoms with Crippen molar-refractivity contribution in [2.45, 2.75) is 56.8 Å². The van der Waals surface area contributed by atoms with Gasteiger partial charge < -0.3 is 15.4 Å². The number of benzene rings is 2. The average Bonchev–Trinajstić information content (AvgIpc) is 2.88. The van der Waals surface area contributed by atoms with Crippen LogP contribution in [-0.2, 0) is 30.8 Å². The second kappa shape index (κ2) is 14.2. The summed E-state index contributed by atoms with van der Waals surface area (Å²) in [5, 5.41) is 5.57. The molecule has 1 aliphatic rings. The van der Waals surface area contributed by atoms with Gasteiger partial charge in [0.15, 0.2) is 5.11 Å². The van der Waals surface area contributed by atoms with E-state index in [-0.39, 0.29) is 34.7 Å². The molecule has 0 aliphatic carbocycles. The van der Waals surface area contributed by atoms with E-state index in [0.717, 1.165) is 25.7 Å². The summed E-state index contributed by atoms with van der Waals surface area (Å²) in [5.41, 5.74) is 1.77. The van der Waals surface area contributed by atoms with E-state index in [1.54, 1.807) is 12.1 Å². The van der Waals surface area contributed by atoms with E-state index < -0.39 is 10.0 Å². The Morgan fingerprint density at radius 1 is 1.00 bits per heavy atom. The van der Waals surface area contributed by atoms with Crippen molar-refractivity contribution >= 4 is 44.9 Å². The Balaban J connectivity index is 1.32. The lowest BCUT2D eigenvalue weighted by atomic mass is 10.0. The normalized spacial score (nSPS) is 14.6. The van der Waals surface area contributed by atoms with Gasteiger partial charge in [0.25, 0.3) is 0 Å². The maximum Gasteiger partial charge on any atom is 0.305 e. The number of amides is 1. The van der Waals surface area contributed by atoms with Gasteiger partial charge in [-0.1, -0.05) is 37.3 Å². The minimum atomic E-state index is -3.52. The molecule has 1 saturated heterocycles. The molecule has 1 fully saturated rings. The minimum Gasteiger partial charge on any atom is -0.466 e. The lowest BCUT2D eigenvalue weighted by molar-refractivity contribution is -0.143. The first kappa shape index (κ1) is 28.7. The number of anilines is 1. The summed E-state index contributed by atoms with van der Waals surface area (Å²) in [6.45, 7) is 3.55. The van der Waals surface area contributed by atoms with Crippen molar-refractivity contribution in [1.82, 2.24) is 9.62 Å². The molecular formula is C27H35N3O5S2. The predicted octanol–water partition coefficient (Wildman–Crippen LogP) is 4.27. The third-order valence-electron chi connectivity index (χ3n) is 6.25. The number of nitrogens with one attached hydrogen (secondary N) is 2. The van der Waals surface area contributed by atoms with Crippen LogP contribution in [0.2, 0.25) is 0 Å². The van der Waals surface area contributed by atoms with Crippen LogP contribution in [0.25, 0.3) is 0 Å². The molecule has 0 bridgehead atoms. The zero-order valence-corrected chi connectivity index (χ0v) is 22.8. The van der Waals surface area contributed by atoms with Crippen molar-refractivity contribution < 1.29 is 22.7 Å². The van der Waals surface area contributed by atoms with Crippen molar-refractivity contribution in [3.05, 3.63) is 60.2 Å². The lowest BCUT2D eigenvalue weighted by Crippen LogP contribution is -2.37. The van der Waals surface area contributed by atoms with Gasteiger partial charge in [-0.2, -0.15) is 4.31 Å². The van der Waals surface area contributed by atoms with Crippen LogP contribution in [0.1, 0.15) is 51.0 Å². The van der Waals surface area contributed by atoms with Crippen molar-refractivity contribution in [2.24, 2.45) is 5.92 Å². The van der Waals surface area contributed by atoms with E-state index in [4.69, 9.17) is 17.0 Å². The summed E-state index contributed by atoms with van der Waals surface area (Å²) in [6, 6.07) is 16.3. The number of esters is 1. The highest BCUT2D eigenvalue weighted by Gasteiger charge is 2.27. The highest BCUT2D eigenvalue weighted by Crippen LogP contribution is 2.24. The second-order valence-corrected chi connectivity index (χ2v) is 11.6. The van der Waals surface area contributed by atoms with Crippen molar-refractivity contribution in [3.63, 3.8) is 0 Å². The molecule has 0 spiro atoms. The number of hydrogen-bond donors (Lipinski definition) is 2. The fourth-order valence-corrected chi connectivity index (χ4v) is 5.71. The fraction of sp³-hybridized carbons (Fsp3) is 0.444. The molecule has 1 aliphatic heterocycles. The first-order valence-corrected chi connectivity index (χ1v) is 14.5. The van der Waals surface area contributed by atoms with Gasteiger partial charge in [0.05, 0.1) is 11.5 Å². The molecule has 0 radical (unpaired) electrons. The van der Waals surface area contributed by atoms with Gasteiger partial charge in [-0.05, 0) is 80.1 Å². The highest BCUT2D eigenvalue weighted by molar-refractivity contribution is 7.89. The third kappa shape index (κ3) is 9.53. The Bertz CT molecular complexity index is 1150. The quantitative estimate of drug-likeness (QED) is 0.247. The Morgan fingerprint density at radius 3 is 2.35 bits per heavy atom. The lowest BCUT2D eigenvalue weighted by Gasteiger charge is -2.29. The van der Waals surface area contributed by atoms with Crippen LogP contribution in [0.15, 0.2) is 59.5 Å². The van der Waals surface area contributed by atoms with E-state index in [0.29, 0.717) is 37.7 Å². The first-order chi connectivity index (χ1) is 17.7. The summed E-state index contributed by atoms with van der Waals surface area (Å²) in [4.78, 5) is 24.3. The molecule has 0 saturated carbocycles. The standard InChI is InChI=1S/C27H35N3O5S2/c1-21-16-18-30(19-17-21)37(33,34)24-14-12-23(13-15-24)28-27(36)29-25(31)10-5-11-26(32)35-20-6-9-22-7-3-2-4-8-22/h2-4,7-8,12-15,21H,5-6,9-11,16-20H2,1H3,(H2,28,29,31,36). The number of carbonyl (C=O) groups is 2. The molecule has 0 unspecified atom stereocenters. The van der Waals surface area contributed by atoms with Crippen LogP contribution in [0.3, 0.4) is 0 Å². The van der Waals surface area contributed by atoms with Crippen LogP contribution >= 0.6 is 12.2 Å². The number of carbonyl (C=O) groups excluding carboxylic acids is 2. The molecule has 1 amide bonds. The third-order valence-corrected chi connectivity index (χ3v) is 8.36. The fourth-order valence-electron chi connectivity index (χ4n) is 4.01. The zero-order chi connectivity index (χ0) is 26.7. The van der Waals surface area contributed by atoms with Gasteiger partial charge in [-0.15, -0.1) is 0 Å². The number of aryl methyl sites for hydroxylation is 1. The maximum absolute atomic E-state index is 12.8. The molecule has 10 heteroatoms. The maximum atomic E-state index is 12.8. The minimum absolute atomic E-state index is 0.106. The van der Waals surface area contributed by atoms with Crippen LogP contribution in [0.4, 0.5) is 5.69 Å². The van der Waals surface area contributed by atoms with Crippen molar-refractivity contribution in [3.8, 4) is 0 Å². The number of hydrogen-bond acceptors (Lipinski definition) is 6. The van der Waals surface area contributed by atoms with E-state index in [1.807, 2.05) is 30.3 Å². The zero-order valence-electron chi connectivity index (χ0n) is 21.1. The van der Waals surface area contributed by atoms with Crippen molar-refractivity contribution in [1.29, 1.82) is 0 Å². The van der Waals surface area contributed by atoms with Crippen LogP contribution in [0.5, 0.6) is 0 Å². The Morgan fingerprint density at radius 2 is 1.68 bits per heavy atom. The molecule has 37 heavy (non-hydrogen) atoms. The average molecular weight is 546 g/mol. The van der Waals surface area contributed by atoms with E-state index >= 15 is 0 Å². The monoisotopic (exact) mass is 545 g/mol. The molecule has 3 rings (SSSR count). The van der Waals surface area contributed by atoms with E-state index in [1.165, 1.54) is 22.0 Å². The van der Waals surface area contributed by atoms with Gasteiger partial charge in [0.2, 0.25) is 15.9 Å². The van der Waals surface area contributed by atoms with Gasteiger partial charge in [-0.25, -0.2) is 8.42 Å².